The quantitative estimate of drug-likeness (QED) is 0.728. The van der Waals surface area contributed by atoms with Gasteiger partial charge in [0.1, 0.15) is 9.88 Å². The molecule has 2 rings (SSSR count). The van der Waals surface area contributed by atoms with E-state index >= 15 is 0 Å². The molecule has 18 heavy (non-hydrogen) atoms. The van der Waals surface area contributed by atoms with Crippen molar-refractivity contribution in [3.63, 3.8) is 0 Å². The van der Waals surface area contributed by atoms with Crippen molar-refractivity contribution in [2.75, 3.05) is 24.4 Å². The monoisotopic (exact) mass is 285 g/mol. The molecule has 0 aliphatic heterocycles. The highest BCUT2D eigenvalue weighted by Gasteiger charge is 2.36. The third-order valence-electron chi connectivity index (χ3n) is 3.30. The summed E-state index contributed by atoms with van der Waals surface area (Å²) in [5, 5.41) is 7.19. The predicted octanol–water partition coefficient (Wildman–Crippen LogP) is 2.62. The zero-order chi connectivity index (χ0) is 13.3. The van der Waals surface area contributed by atoms with E-state index in [0.717, 1.165) is 15.8 Å². The maximum atomic E-state index is 11.7. The lowest BCUT2D eigenvalue weighted by molar-refractivity contribution is 0.0968. The van der Waals surface area contributed by atoms with Gasteiger partial charge in [-0.15, -0.1) is 23.1 Å². The fourth-order valence-electron chi connectivity index (χ4n) is 2.05. The molecule has 4 nitrogen and oxygen atoms in total. The van der Waals surface area contributed by atoms with E-state index in [0.29, 0.717) is 16.6 Å². The normalized spacial score (nSPS) is 21.7. The number of hydrogen-bond donors (Lipinski definition) is 3. The minimum Gasteiger partial charge on any atom is -0.396 e. The smallest absolute Gasteiger partial charge is 0.263 e. The summed E-state index contributed by atoms with van der Waals surface area (Å²) in [6.07, 6.45) is 4.41. The molecule has 6 heteroatoms. The second-order valence-corrected chi connectivity index (χ2v) is 6.28. The molecule has 1 saturated carbocycles. The van der Waals surface area contributed by atoms with Crippen molar-refractivity contribution in [3.05, 3.63) is 4.88 Å². The Kier molecular flexibility index (Phi) is 4.07. The molecule has 0 spiro atoms. The first-order chi connectivity index (χ1) is 8.62. The van der Waals surface area contributed by atoms with E-state index in [9.17, 15) is 4.79 Å². The second-order valence-electron chi connectivity index (χ2n) is 4.44. The highest BCUT2D eigenvalue weighted by molar-refractivity contribution is 7.99. The van der Waals surface area contributed by atoms with Crippen LogP contribution in [0.2, 0.25) is 0 Å². The second kappa shape index (κ2) is 5.40. The minimum atomic E-state index is -0.108. The molecule has 1 fully saturated rings. The molecular formula is C12H19N3OS2. The van der Waals surface area contributed by atoms with E-state index in [4.69, 9.17) is 5.73 Å². The molecule has 1 aromatic rings. The maximum Gasteiger partial charge on any atom is 0.263 e. The summed E-state index contributed by atoms with van der Waals surface area (Å²) >= 11 is 3.05. The highest BCUT2D eigenvalue weighted by Crippen LogP contribution is 2.45. The Morgan fingerprint density at radius 2 is 2.33 bits per heavy atom. The van der Waals surface area contributed by atoms with Crippen molar-refractivity contribution in [2.24, 2.45) is 5.92 Å². The Morgan fingerprint density at radius 1 is 1.61 bits per heavy atom. The lowest BCUT2D eigenvalue weighted by Gasteiger charge is -2.04. The van der Waals surface area contributed by atoms with Crippen LogP contribution >= 0.6 is 23.1 Å². The third-order valence-corrected chi connectivity index (χ3v) is 5.40. The van der Waals surface area contributed by atoms with Crippen LogP contribution in [0.25, 0.3) is 0 Å². The van der Waals surface area contributed by atoms with Gasteiger partial charge >= 0.3 is 0 Å². The number of hydrogen-bond acceptors (Lipinski definition) is 5. The zero-order valence-corrected chi connectivity index (χ0v) is 12.5. The van der Waals surface area contributed by atoms with E-state index in [1.54, 1.807) is 18.8 Å². The lowest BCUT2D eigenvalue weighted by Crippen LogP contribution is -2.17. The van der Waals surface area contributed by atoms with E-state index in [2.05, 4.69) is 17.6 Å². The van der Waals surface area contributed by atoms with Crippen LogP contribution in [-0.4, -0.2) is 25.3 Å². The number of rotatable bonds is 5. The van der Waals surface area contributed by atoms with Gasteiger partial charge in [-0.3, -0.25) is 4.79 Å². The average Bonchev–Trinajstić information content (AvgIpc) is 3.05. The minimum absolute atomic E-state index is 0.108. The molecule has 0 saturated heterocycles. The SMILES string of the molecule is CCC1CC1Nc1sc(C(=O)NC)c(N)c1SC. The van der Waals surface area contributed by atoms with Gasteiger partial charge in [-0.1, -0.05) is 13.3 Å². The molecule has 0 aromatic carbocycles. The van der Waals surface area contributed by atoms with Gasteiger partial charge in [0.15, 0.2) is 0 Å². The number of amides is 1. The average molecular weight is 285 g/mol. The zero-order valence-electron chi connectivity index (χ0n) is 10.9. The van der Waals surface area contributed by atoms with E-state index in [1.807, 2.05) is 6.26 Å². The molecule has 0 radical (unpaired) electrons. The number of thiophene rings is 1. The Morgan fingerprint density at radius 3 is 2.83 bits per heavy atom. The maximum absolute atomic E-state index is 11.7. The molecular weight excluding hydrogens is 266 g/mol. The topological polar surface area (TPSA) is 67.2 Å². The molecule has 1 aliphatic carbocycles. The standard InChI is InChI=1S/C12H19N3OS2/c1-4-6-5-7(6)15-12-10(17-3)8(13)9(18-12)11(16)14-2/h6-7,15H,4-5,13H2,1-3H3,(H,14,16). The van der Waals surface area contributed by atoms with Gasteiger partial charge in [-0.2, -0.15) is 0 Å². The van der Waals surface area contributed by atoms with Gasteiger partial charge in [0.05, 0.1) is 10.6 Å². The number of nitrogens with two attached hydrogens (primary N) is 1. The van der Waals surface area contributed by atoms with Gasteiger partial charge in [0, 0.05) is 13.1 Å². The largest absolute Gasteiger partial charge is 0.396 e. The molecule has 4 N–H and O–H groups in total. The summed E-state index contributed by atoms with van der Waals surface area (Å²) in [7, 11) is 1.63. The molecule has 1 amide bonds. The van der Waals surface area contributed by atoms with Crippen molar-refractivity contribution in [1.29, 1.82) is 0 Å². The van der Waals surface area contributed by atoms with Crippen LogP contribution in [0.1, 0.15) is 29.4 Å². The molecule has 1 aromatic heterocycles. The van der Waals surface area contributed by atoms with Crippen molar-refractivity contribution >= 4 is 39.7 Å². The summed E-state index contributed by atoms with van der Waals surface area (Å²) in [5.41, 5.74) is 6.64. The third kappa shape index (κ3) is 2.44. The summed E-state index contributed by atoms with van der Waals surface area (Å²) < 4.78 is 0. The number of carbonyl (C=O) groups is 1. The van der Waals surface area contributed by atoms with E-state index < -0.39 is 0 Å². The molecule has 2 unspecified atom stereocenters. The number of anilines is 2. The van der Waals surface area contributed by atoms with Crippen molar-refractivity contribution in [2.45, 2.75) is 30.7 Å². The molecule has 2 atom stereocenters. The van der Waals surface area contributed by atoms with Crippen molar-refractivity contribution < 1.29 is 4.79 Å². The Bertz CT molecular complexity index is 458. The fraction of sp³-hybridized carbons (Fsp3) is 0.583. The Hall–Kier alpha value is -0.880. The van der Waals surface area contributed by atoms with Crippen LogP contribution in [0.3, 0.4) is 0 Å². The van der Waals surface area contributed by atoms with Crippen LogP contribution in [0.4, 0.5) is 10.7 Å². The van der Waals surface area contributed by atoms with Crippen LogP contribution in [0, 0.1) is 5.92 Å². The van der Waals surface area contributed by atoms with Crippen molar-refractivity contribution in [3.8, 4) is 0 Å². The summed E-state index contributed by atoms with van der Waals surface area (Å²) in [5.74, 6) is 0.662. The first kappa shape index (κ1) is 13.5. The van der Waals surface area contributed by atoms with Gasteiger partial charge < -0.3 is 16.4 Å². The number of thioether (sulfide) groups is 1. The molecule has 100 valence electrons. The van der Waals surface area contributed by atoms with Gasteiger partial charge in [-0.05, 0) is 18.6 Å². The van der Waals surface area contributed by atoms with Crippen LogP contribution in [-0.2, 0) is 0 Å². The van der Waals surface area contributed by atoms with Crippen LogP contribution in [0.15, 0.2) is 4.90 Å². The first-order valence-corrected chi connectivity index (χ1v) is 8.11. The summed E-state index contributed by atoms with van der Waals surface area (Å²) in [4.78, 5) is 13.3. The summed E-state index contributed by atoms with van der Waals surface area (Å²) in [6.45, 7) is 2.21. The van der Waals surface area contributed by atoms with E-state index in [-0.39, 0.29) is 5.91 Å². The highest BCUT2D eigenvalue weighted by atomic mass is 32.2. The van der Waals surface area contributed by atoms with Gasteiger partial charge in [0.25, 0.3) is 5.91 Å². The number of nitrogens with one attached hydrogen (secondary N) is 2. The lowest BCUT2D eigenvalue weighted by atomic mass is 10.3. The van der Waals surface area contributed by atoms with Gasteiger partial charge in [0.2, 0.25) is 0 Å². The van der Waals surface area contributed by atoms with Crippen LogP contribution < -0.4 is 16.4 Å². The van der Waals surface area contributed by atoms with E-state index in [1.165, 1.54) is 24.2 Å². The summed E-state index contributed by atoms with van der Waals surface area (Å²) in [6, 6.07) is 0.552. The Labute approximate surface area is 116 Å². The molecule has 1 aliphatic rings. The fourth-order valence-corrected chi connectivity index (χ4v) is 4.08. The molecule has 0 bridgehead atoms. The molecule has 1 heterocycles. The number of carbonyl (C=O) groups excluding carboxylic acids is 1. The number of nitrogen functional groups attached to an aromatic ring is 1. The predicted molar refractivity (Wildman–Crippen MR) is 79.7 cm³/mol. The Balaban J connectivity index is 2.21. The van der Waals surface area contributed by atoms with Gasteiger partial charge in [-0.25, -0.2) is 0 Å². The van der Waals surface area contributed by atoms with Crippen molar-refractivity contribution in [1.82, 2.24) is 5.32 Å². The first-order valence-electron chi connectivity index (χ1n) is 6.07. The van der Waals surface area contributed by atoms with Crippen LogP contribution in [0.5, 0.6) is 0 Å².